The van der Waals surface area contributed by atoms with Crippen LogP contribution in [0.3, 0.4) is 0 Å². The Balaban J connectivity index is 2.00. The number of halogens is 1. The summed E-state index contributed by atoms with van der Waals surface area (Å²) in [5.74, 6) is -0.588. The Bertz CT molecular complexity index is 605. The Hall–Kier alpha value is -2.11. The minimum Gasteiger partial charge on any atom is -0.494 e. The highest BCUT2D eigenvalue weighted by Crippen LogP contribution is 2.32. The predicted octanol–water partition coefficient (Wildman–Crippen LogP) is 1.56. The van der Waals surface area contributed by atoms with Crippen LogP contribution < -0.4 is 9.64 Å². The summed E-state index contributed by atoms with van der Waals surface area (Å²) in [5.41, 5.74) is 0.491. The third kappa shape index (κ3) is 2.05. The molecule has 1 aromatic rings. The van der Waals surface area contributed by atoms with E-state index >= 15 is 0 Å². The minimum atomic E-state index is -0.581. The zero-order chi connectivity index (χ0) is 15.1. The van der Waals surface area contributed by atoms with E-state index in [0.29, 0.717) is 18.7 Å². The summed E-state index contributed by atoms with van der Waals surface area (Å²) in [4.78, 5) is 28.1. The van der Waals surface area contributed by atoms with E-state index in [9.17, 15) is 14.0 Å². The van der Waals surface area contributed by atoms with Crippen LogP contribution in [0.5, 0.6) is 5.75 Å². The summed E-state index contributed by atoms with van der Waals surface area (Å²) < 4.78 is 18.5. The number of hydrogen-bond acceptors (Lipinski definition) is 3. The molecule has 1 aromatic carbocycles. The molecule has 21 heavy (non-hydrogen) atoms. The number of methoxy groups -OCH3 is 1. The maximum Gasteiger partial charge on any atom is 0.250 e. The van der Waals surface area contributed by atoms with Crippen LogP contribution in [0.4, 0.5) is 10.1 Å². The molecular weight excluding hydrogens is 275 g/mol. The van der Waals surface area contributed by atoms with E-state index < -0.39 is 11.9 Å². The topological polar surface area (TPSA) is 49.9 Å². The van der Waals surface area contributed by atoms with Crippen LogP contribution >= 0.6 is 0 Å². The number of rotatable bonds is 2. The van der Waals surface area contributed by atoms with Crippen molar-refractivity contribution in [1.29, 1.82) is 0 Å². The van der Waals surface area contributed by atoms with Gasteiger partial charge in [-0.3, -0.25) is 14.5 Å². The van der Waals surface area contributed by atoms with Crippen molar-refractivity contribution < 1.29 is 18.7 Å². The quantitative estimate of drug-likeness (QED) is 0.831. The number of anilines is 1. The highest BCUT2D eigenvalue weighted by molar-refractivity contribution is 6.08. The Morgan fingerprint density at radius 2 is 2.05 bits per heavy atom. The second-order valence-corrected chi connectivity index (χ2v) is 5.39. The molecule has 0 saturated carbocycles. The van der Waals surface area contributed by atoms with Gasteiger partial charge in [-0.25, -0.2) is 4.39 Å². The van der Waals surface area contributed by atoms with Gasteiger partial charge in [0.25, 0.3) is 5.91 Å². The summed E-state index contributed by atoms with van der Waals surface area (Å²) in [5, 5.41) is 0. The lowest BCUT2D eigenvalue weighted by Gasteiger charge is -2.40. The van der Waals surface area contributed by atoms with Crippen LogP contribution in [0, 0.1) is 5.82 Å². The Kier molecular flexibility index (Phi) is 3.31. The van der Waals surface area contributed by atoms with Gasteiger partial charge in [-0.2, -0.15) is 0 Å². The van der Waals surface area contributed by atoms with E-state index in [1.54, 1.807) is 11.8 Å². The van der Waals surface area contributed by atoms with Crippen LogP contribution in [0.15, 0.2) is 18.2 Å². The van der Waals surface area contributed by atoms with Crippen molar-refractivity contribution in [2.24, 2.45) is 0 Å². The smallest absolute Gasteiger partial charge is 0.250 e. The number of piperazine rings is 1. The molecule has 0 N–H and O–H groups in total. The lowest BCUT2D eigenvalue weighted by molar-refractivity contribution is -0.143. The zero-order valence-electron chi connectivity index (χ0n) is 12.0. The van der Waals surface area contributed by atoms with Crippen molar-refractivity contribution in [3.05, 3.63) is 24.0 Å². The largest absolute Gasteiger partial charge is 0.494 e. The lowest BCUT2D eigenvalue weighted by Crippen LogP contribution is -2.62. The summed E-state index contributed by atoms with van der Waals surface area (Å²) >= 11 is 0. The second kappa shape index (κ2) is 5.02. The summed E-state index contributed by atoms with van der Waals surface area (Å²) in [6.07, 6.45) is 1.53. The molecule has 2 atom stereocenters. The molecule has 0 spiro atoms. The predicted molar refractivity (Wildman–Crippen MR) is 74.6 cm³/mol. The van der Waals surface area contributed by atoms with Crippen LogP contribution in [0.1, 0.15) is 19.8 Å². The molecule has 2 unspecified atom stereocenters. The van der Waals surface area contributed by atoms with E-state index in [1.165, 1.54) is 30.2 Å². The maximum absolute atomic E-state index is 13.5. The SMILES string of the molecule is COc1cc(N2C(=O)C3CCCN3C(=O)C2C)ccc1F. The van der Waals surface area contributed by atoms with Gasteiger partial charge in [-0.15, -0.1) is 0 Å². The molecule has 2 aliphatic rings. The zero-order valence-corrected chi connectivity index (χ0v) is 12.0. The van der Waals surface area contributed by atoms with Gasteiger partial charge in [0.1, 0.15) is 12.1 Å². The highest BCUT2D eigenvalue weighted by Gasteiger charge is 2.46. The lowest BCUT2D eigenvalue weighted by atomic mass is 10.0. The van der Waals surface area contributed by atoms with Crippen molar-refractivity contribution >= 4 is 17.5 Å². The van der Waals surface area contributed by atoms with Crippen molar-refractivity contribution in [3.8, 4) is 5.75 Å². The molecule has 2 amide bonds. The number of fused-ring (bicyclic) bond motifs is 1. The highest BCUT2D eigenvalue weighted by atomic mass is 19.1. The number of nitrogens with zero attached hydrogens (tertiary/aromatic N) is 2. The average Bonchev–Trinajstić information content (AvgIpc) is 2.96. The first-order chi connectivity index (χ1) is 10.0. The number of hydrogen-bond donors (Lipinski definition) is 0. The molecule has 5 nitrogen and oxygen atoms in total. The summed E-state index contributed by atoms with van der Waals surface area (Å²) in [7, 11) is 1.37. The molecule has 2 heterocycles. The fourth-order valence-corrected chi connectivity index (χ4v) is 3.14. The maximum atomic E-state index is 13.5. The normalized spacial score (nSPS) is 25.3. The molecule has 2 fully saturated rings. The Morgan fingerprint density at radius 3 is 2.76 bits per heavy atom. The van der Waals surface area contributed by atoms with Crippen molar-refractivity contribution in [3.63, 3.8) is 0 Å². The molecule has 0 aliphatic carbocycles. The number of carbonyl (C=O) groups is 2. The van der Waals surface area contributed by atoms with E-state index in [4.69, 9.17) is 4.74 Å². The molecule has 6 heteroatoms. The molecule has 0 aromatic heterocycles. The van der Waals surface area contributed by atoms with Crippen molar-refractivity contribution in [2.75, 3.05) is 18.6 Å². The van der Waals surface area contributed by atoms with Gasteiger partial charge < -0.3 is 9.64 Å². The van der Waals surface area contributed by atoms with Gasteiger partial charge in [0, 0.05) is 18.3 Å². The average molecular weight is 292 g/mol. The number of benzene rings is 1. The first-order valence-electron chi connectivity index (χ1n) is 7.01. The van der Waals surface area contributed by atoms with E-state index in [1.807, 2.05) is 0 Å². The van der Waals surface area contributed by atoms with Gasteiger partial charge >= 0.3 is 0 Å². The first-order valence-corrected chi connectivity index (χ1v) is 7.01. The number of carbonyl (C=O) groups excluding carboxylic acids is 2. The van der Waals surface area contributed by atoms with Crippen LogP contribution in [-0.4, -0.2) is 42.5 Å². The van der Waals surface area contributed by atoms with E-state index in [2.05, 4.69) is 0 Å². The number of amides is 2. The van der Waals surface area contributed by atoms with Crippen LogP contribution in [0.25, 0.3) is 0 Å². The third-order valence-electron chi connectivity index (χ3n) is 4.22. The molecule has 3 rings (SSSR count). The van der Waals surface area contributed by atoms with Crippen molar-refractivity contribution in [1.82, 2.24) is 4.90 Å². The van der Waals surface area contributed by atoms with Gasteiger partial charge in [0.2, 0.25) is 5.91 Å². The minimum absolute atomic E-state index is 0.0552. The van der Waals surface area contributed by atoms with Gasteiger partial charge in [-0.05, 0) is 31.9 Å². The standard InChI is InChI=1S/C15H17FN2O3/c1-9-14(19)17-7-3-4-12(17)15(20)18(9)10-5-6-11(16)13(8-10)21-2/h5-6,8-9,12H,3-4,7H2,1-2H3. The van der Waals surface area contributed by atoms with Crippen molar-refractivity contribution in [2.45, 2.75) is 31.8 Å². The van der Waals surface area contributed by atoms with E-state index in [-0.39, 0.29) is 23.6 Å². The summed E-state index contributed by atoms with van der Waals surface area (Å²) in [6, 6.07) is 3.25. The van der Waals surface area contributed by atoms with Gasteiger partial charge in [0.05, 0.1) is 7.11 Å². The monoisotopic (exact) mass is 292 g/mol. The van der Waals surface area contributed by atoms with Gasteiger partial charge in [0.15, 0.2) is 11.6 Å². The first kappa shape index (κ1) is 13.9. The van der Waals surface area contributed by atoms with Crippen LogP contribution in [0.2, 0.25) is 0 Å². The molecule has 2 saturated heterocycles. The second-order valence-electron chi connectivity index (χ2n) is 5.39. The fourth-order valence-electron chi connectivity index (χ4n) is 3.14. The Labute approximate surface area is 122 Å². The molecule has 0 bridgehead atoms. The molecule has 0 radical (unpaired) electrons. The molecule has 112 valence electrons. The molecular formula is C15H17FN2O3. The van der Waals surface area contributed by atoms with E-state index in [0.717, 1.165) is 6.42 Å². The molecule has 2 aliphatic heterocycles. The third-order valence-corrected chi connectivity index (χ3v) is 4.22. The fraction of sp³-hybridized carbons (Fsp3) is 0.467. The Morgan fingerprint density at radius 1 is 1.29 bits per heavy atom. The van der Waals surface area contributed by atoms with Gasteiger partial charge in [-0.1, -0.05) is 0 Å². The number of ether oxygens (including phenoxy) is 1. The summed E-state index contributed by atoms with van der Waals surface area (Å²) in [6.45, 7) is 2.34. The van der Waals surface area contributed by atoms with Crippen LogP contribution in [-0.2, 0) is 9.59 Å².